The van der Waals surface area contributed by atoms with E-state index in [-0.39, 0.29) is 11.9 Å². The van der Waals surface area contributed by atoms with Gasteiger partial charge in [-0.05, 0) is 56.0 Å². The van der Waals surface area contributed by atoms with E-state index in [4.69, 9.17) is 4.74 Å². The highest BCUT2D eigenvalue weighted by Crippen LogP contribution is 2.42. The van der Waals surface area contributed by atoms with Crippen molar-refractivity contribution < 1.29 is 19.0 Å². The van der Waals surface area contributed by atoms with Crippen LogP contribution in [0.25, 0.3) is 22.4 Å². The van der Waals surface area contributed by atoms with Crippen LogP contribution in [0.5, 0.6) is 0 Å². The molecule has 1 saturated heterocycles. The maximum atomic E-state index is 13.4. The number of nitrogens with zero attached hydrogens (tertiary/aromatic N) is 3. The van der Waals surface area contributed by atoms with Crippen molar-refractivity contribution in [2.45, 2.75) is 38.2 Å². The number of rotatable bonds is 6. The number of anilines is 1. The van der Waals surface area contributed by atoms with Crippen LogP contribution in [0.15, 0.2) is 36.5 Å². The Morgan fingerprint density at radius 2 is 2.06 bits per heavy atom. The van der Waals surface area contributed by atoms with E-state index in [1.165, 1.54) is 12.1 Å². The summed E-state index contributed by atoms with van der Waals surface area (Å²) < 4.78 is 19.4. The molecule has 0 unspecified atom stereocenters. The van der Waals surface area contributed by atoms with Crippen molar-refractivity contribution in [1.29, 1.82) is 0 Å². The molecule has 31 heavy (non-hydrogen) atoms. The fourth-order valence-corrected chi connectivity index (χ4v) is 4.38. The van der Waals surface area contributed by atoms with Crippen LogP contribution in [0.4, 0.5) is 10.2 Å². The van der Waals surface area contributed by atoms with Gasteiger partial charge in [-0.25, -0.2) is 14.4 Å². The van der Waals surface area contributed by atoms with Crippen molar-refractivity contribution in [2.24, 2.45) is 5.41 Å². The molecule has 7 nitrogen and oxygen atoms in total. The van der Waals surface area contributed by atoms with Gasteiger partial charge in [-0.3, -0.25) is 4.79 Å². The van der Waals surface area contributed by atoms with E-state index in [1.54, 1.807) is 12.3 Å². The quantitative estimate of drug-likeness (QED) is 0.621. The van der Waals surface area contributed by atoms with Gasteiger partial charge in [0.2, 0.25) is 0 Å². The number of aliphatic carboxylic acids is 1. The Morgan fingerprint density at radius 3 is 2.71 bits per heavy atom. The number of piperidine rings is 1. The van der Waals surface area contributed by atoms with Crippen LogP contribution < -0.4 is 4.90 Å². The number of H-pyrrole nitrogens is 1. The first kappa shape index (κ1) is 19.9. The Kier molecular flexibility index (Phi) is 5.09. The predicted octanol–water partition coefficient (Wildman–Crippen LogP) is 4.00. The Hall–Kier alpha value is -3.00. The topological polar surface area (TPSA) is 91.3 Å². The number of hydrogen-bond donors (Lipinski definition) is 2. The molecule has 2 aliphatic rings. The highest BCUT2D eigenvalue weighted by Gasteiger charge is 2.45. The zero-order valence-corrected chi connectivity index (χ0v) is 17.2. The SMILES string of the molecule is O=C(O)C1(COC2CCN(c3ccc(-c4nc5ccc(F)cc5[nH]4)cn3)CC2)CCC1. The van der Waals surface area contributed by atoms with E-state index in [9.17, 15) is 14.3 Å². The van der Waals surface area contributed by atoms with Crippen LogP contribution in [0.2, 0.25) is 0 Å². The highest BCUT2D eigenvalue weighted by molar-refractivity contribution is 5.79. The zero-order valence-electron chi connectivity index (χ0n) is 17.2. The van der Waals surface area contributed by atoms with Crippen LogP contribution in [-0.4, -0.2) is 51.8 Å². The summed E-state index contributed by atoms with van der Waals surface area (Å²) >= 11 is 0. The molecular weight excluding hydrogens is 399 g/mol. The monoisotopic (exact) mass is 424 g/mol. The van der Waals surface area contributed by atoms with Crippen LogP contribution >= 0.6 is 0 Å². The second kappa shape index (κ2) is 7.92. The van der Waals surface area contributed by atoms with E-state index >= 15 is 0 Å². The number of hydrogen-bond acceptors (Lipinski definition) is 5. The van der Waals surface area contributed by atoms with Gasteiger partial charge in [-0.2, -0.15) is 0 Å². The molecule has 3 aromatic rings. The van der Waals surface area contributed by atoms with Crippen molar-refractivity contribution in [1.82, 2.24) is 15.0 Å². The van der Waals surface area contributed by atoms with Crippen LogP contribution in [0, 0.1) is 11.2 Å². The molecule has 1 saturated carbocycles. The molecule has 2 fully saturated rings. The lowest BCUT2D eigenvalue weighted by Gasteiger charge is -2.39. The number of carboxylic acid groups (broad SMARTS) is 1. The van der Waals surface area contributed by atoms with Crippen molar-refractivity contribution in [3.8, 4) is 11.4 Å². The second-order valence-corrected chi connectivity index (χ2v) is 8.59. The second-order valence-electron chi connectivity index (χ2n) is 8.59. The molecule has 0 atom stereocenters. The number of carbonyl (C=O) groups is 1. The fraction of sp³-hybridized carbons (Fsp3) is 0.435. The number of halogens is 1. The van der Waals surface area contributed by atoms with Gasteiger partial charge < -0.3 is 19.7 Å². The molecule has 0 radical (unpaired) electrons. The number of fused-ring (bicyclic) bond motifs is 1. The summed E-state index contributed by atoms with van der Waals surface area (Å²) in [5, 5.41) is 9.44. The third-order valence-corrected chi connectivity index (χ3v) is 6.59. The minimum Gasteiger partial charge on any atom is -0.481 e. The summed E-state index contributed by atoms with van der Waals surface area (Å²) in [5.41, 5.74) is 1.57. The summed E-state index contributed by atoms with van der Waals surface area (Å²) in [4.78, 5) is 25.9. The number of imidazole rings is 1. The summed E-state index contributed by atoms with van der Waals surface area (Å²) in [5.74, 6) is 0.532. The van der Waals surface area contributed by atoms with Gasteiger partial charge in [0, 0.05) is 24.8 Å². The number of ether oxygens (including phenoxy) is 1. The van der Waals surface area contributed by atoms with Gasteiger partial charge >= 0.3 is 5.97 Å². The van der Waals surface area contributed by atoms with E-state index in [0.29, 0.717) is 23.5 Å². The van der Waals surface area contributed by atoms with Gasteiger partial charge in [0.15, 0.2) is 0 Å². The van der Waals surface area contributed by atoms with Crippen molar-refractivity contribution >= 4 is 22.8 Å². The minimum absolute atomic E-state index is 0.100. The summed E-state index contributed by atoms with van der Waals surface area (Å²) in [6, 6.07) is 8.42. The molecule has 5 rings (SSSR count). The summed E-state index contributed by atoms with van der Waals surface area (Å²) in [6.45, 7) is 1.96. The third kappa shape index (κ3) is 3.87. The molecule has 2 aromatic heterocycles. The normalized spacial score (nSPS) is 18.8. The summed E-state index contributed by atoms with van der Waals surface area (Å²) in [6.07, 6.45) is 6.00. The molecule has 0 bridgehead atoms. The molecule has 8 heteroatoms. The molecule has 3 heterocycles. The standard InChI is InChI=1S/C23H25FN4O3/c24-16-3-4-18-19(12-16)27-21(26-18)15-2-5-20(25-13-15)28-10-6-17(7-11-28)31-14-23(22(29)30)8-1-9-23/h2-5,12-13,17H,1,6-11,14H2,(H,26,27)(H,29,30). The Morgan fingerprint density at radius 1 is 1.26 bits per heavy atom. The van der Waals surface area contributed by atoms with Gasteiger partial charge in [0.1, 0.15) is 17.5 Å². The first-order chi connectivity index (χ1) is 15.0. The lowest BCUT2D eigenvalue weighted by Crippen LogP contribution is -2.44. The number of benzene rings is 1. The number of nitrogens with one attached hydrogen (secondary N) is 1. The van der Waals surface area contributed by atoms with Gasteiger partial charge in [-0.1, -0.05) is 6.42 Å². The smallest absolute Gasteiger partial charge is 0.311 e. The van der Waals surface area contributed by atoms with E-state index < -0.39 is 11.4 Å². The maximum Gasteiger partial charge on any atom is 0.311 e. The Bertz CT molecular complexity index is 1090. The molecule has 1 aliphatic heterocycles. The lowest BCUT2D eigenvalue weighted by atomic mass is 9.69. The van der Waals surface area contributed by atoms with E-state index in [2.05, 4.69) is 19.9 Å². The Balaban J connectivity index is 1.18. The van der Waals surface area contributed by atoms with Crippen LogP contribution in [0.1, 0.15) is 32.1 Å². The van der Waals surface area contributed by atoms with E-state index in [0.717, 1.165) is 56.6 Å². The van der Waals surface area contributed by atoms with Crippen LogP contribution in [0.3, 0.4) is 0 Å². The zero-order chi connectivity index (χ0) is 21.4. The molecule has 1 aliphatic carbocycles. The number of aromatic nitrogens is 3. The maximum absolute atomic E-state index is 13.4. The van der Waals surface area contributed by atoms with E-state index in [1.807, 2.05) is 12.1 Å². The predicted molar refractivity (Wildman–Crippen MR) is 114 cm³/mol. The number of carboxylic acids is 1. The molecule has 0 spiro atoms. The highest BCUT2D eigenvalue weighted by atomic mass is 19.1. The number of pyridine rings is 1. The molecular formula is C23H25FN4O3. The number of aromatic amines is 1. The van der Waals surface area contributed by atoms with Crippen molar-refractivity contribution in [3.63, 3.8) is 0 Å². The molecule has 0 amide bonds. The van der Waals surface area contributed by atoms with Gasteiger partial charge in [0.05, 0.1) is 29.2 Å². The van der Waals surface area contributed by atoms with Gasteiger partial charge in [-0.15, -0.1) is 0 Å². The fourth-order valence-electron chi connectivity index (χ4n) is 4.38. The third-order valence-electron chi connectivity index (χ3n) is 6.59. The first-order valence-corrected chi connectivity index (χ1v) is 10.7. The largest absolute Gasteiger partial charge is 0.481 e. The average molecular weight is 424 g/mol. The van der Waals surface area contributed by atoms with Gasteiger partial charge in [0.25, 0.3) is 0 Å². The van der Waals surface area contributed by atoms with Crippen molar-refractivity contribution in [3.05, 3.63) is 42.3 Å². The Labute approximate surface area is 179 Å². The first-order valence-electron chi connectivity index (χ1n) is 10.7. The summed E-state index contributed by atoms with van der Waals surface area (Å²) in [7, 11) is 0. The lowest BCUT2D eigenvalue weighted by molar-refractivity contribution is -0.162. The molecule has 1 aromatic carbocycles. The van der Waals surface area contributed by atoms with Crippen LogP contribution in [-0.2, 0) is 9.53 Å². The molecule has 162 valence electrons. The molecule has 2 N–H and O–H groups in total. The van der Waals surface area contributed by atoms with Crippen molar-refractivity contribution in [2.75, 3.05) is 24.6 Å². The average Bonchev–Trinajstić information content (AvgIpc) is 3.16. The minimum atomic E-state index is -0.727.